The van der Waals surface area contributed by atoms with Crippen molar-refractivity contribution in [3.05, 3.63) is 46.2 Å². The van der Waals surface area contributed by atoms with Gasteiger partial charge in [0.2, 0.25) is 5.95 Å². The van der Waals surface area contributed by atoms with E-state index >= 15 is 0 Å². The van der Waals surface area contributed by atoms with E-state index in [0.717, 1.165) is 17.0 Å². The van der Waals surface area contributed by atoms with Crippen molar-refractivity contribution in [3.63, 3.8) is 0 Å². The molecule has 108 valence electrons. The fourth-order valence-corrected chi connectivity index (χ4v) is 2.58. The minimum atomic E-state index is 0.296. The lowest BCUT2D eigenvalue weighted by molar-refractivity contribution is 0.557. The van der Waals surface area contributed by atoms with Gasteiger partial charge in [-0.2, -0.15) is 0 Å². The number of benzene rings is 1. The van der Waals surface area contributed by atoms with Gasteiger partial charge in [0.1, 0.15) is 0 Å². The van der Waals surface area contributed by atoms with Gasteiger partial charge in [0.05, 0.1) is 11.9 Å². The first kappa shape index (κ1) is 15.1. The summed E-state index contributed by atoms with van der Waals surface area (Å²) < 4.78 is 3.22. The minimum Gasteiger partial charge on any atom is -0.348 e. The topological polar surface area (TPSA) is 33.1 Å². The molecular weight excluding hydrogens is 316 g/mol. The molecule has 0 unspecified atom stereocenters. The van der Waals surface area contributed by atoms with Gasteiger partial charge in [0.15, 0.2) is 0 Å². The molecule has 0 amide bonds. The Kier molecular flexibility index (Phi) is 4.83. The number of anilines is 1. The highest BCUT2D eigenvalue weighted by atomic mass is 79.9. The van der Waals surface area contributed by atoms with Crippen LogP contribution in [0.3, 0.4) is 0 Å². The van der Waals surface area contributed by atoms with Gasteiger partial charge in [0.25, 0.3) is 0 Å². The van der Waals surface area contributed by atoms with Gasteiger partial charge in [-0.25, -0.2) is 4.98 Å². The monoisotopic (exact) mass is 336 g/mol. The van der Waals surface area contributed by atoms with Gasteiger partial charge in [-0.15, -0.1) is 0 Å². The summed E-state index contributed by atoms with van der Waals surface area (Å²) in [4.78, 5) is 6.44. The molecule has 1 heterocycles. The first-order valence-corrected chi connectivity index (χ1v) is 7.45. The molecular formula is C15H21BrN4. The molecule has 2 aromatic rings. The van der Waals surface area contributed by atoms with Crippen molar-refractivity contribution in [1.82, 2.24) is 14.9 Å². The van der Waals surface area contributed by atoms with Crippen molar-refractivity contribution in [3.8, 4) is 0 Å². The third-order valence-electron chi connectivity index (χ3n) is 3.40. The number of rotatable bonds is 5. The van der Waals surface area contributed by atoms with Crippen molar-refractivity contribution >= 4 is 21.9 Å². The smallest absolute Gasteiger partial charge is 0.204 e. The summed E-state index contributed by atoms with van der Waals surface area (Å²) in [6.07, 6.45) is 1.93. The lowest BCUT2D eigenvalue weighted by Crippen LogP contribution is -2.20. The second-order valence-electron chi connectivity index (χ2n) is 5.16. The van der Waals surface area contributed by atoms with Crippen LogP contribution in [0, 0.1) is 0 Å². The lowest BCUT2D eigenvalue weighted by atomic mass is 10.1. The summed E-state index contributed by atoms with van der Waals surface area (Å²) in [6, 6.07) is 8.68. The number of hydrogen-bond acceptors (Lipinski definition) is 3. The van der Waals surface area contributed by atoms with Crippen molar-refractivity contribution in [2.75, 3.05) is 19.0 Å². The largest absolute Gasteiger partial charge is 0.348 e. The first-order valence-electron chi connectivity index (χ1n) is 6.66. The van der Waals surface area contributed by atoms with Gasteiger partial charge >= 0.3 is 0 Å². The van der Waals surface area contributed by atoms with Gasteiger partial charge < -0.3 is 14.8 Å². The molecule has 1 aromatic heterocycles. The Morgan fingerprint density at radius 1 is 1.40 bits per heavy atom. The van der Waals surface area contributed by atoms with Crippen molar-refractivity contribution in [2.45, 2.75) is 19.5 Å². The van der Waals surface area contributed by atoms with Gasteiger partial charge in [-0.05, 0) is 24.6 Å². The van der Waals surface area contributed by atoms with Crippen LogP contribution in [0.2, 0.25) is 0 Å². The van der Waals surface area contributed by atoms with Crippen LogP contribution >= 0.6 is 15.9 Å². The highest BCUT2D eigenvalue weighted by molar-refractivity contribution is 9.10. The Hall–Kier alpha value is -1.33. The molecule has 0 bridgehead atoms. The quantitative estimate of drug-likeness (QED) is 0.910. The normalized spacial score (nSPS) is 12.4. The van der Waals surface area contributed by atoms with E-state index in [0.29, 0.717) is 6.04 Å². The van der Waals surface area contributed by atoms with Crippen LogP contribution in [0.15, 0.2) is 34.9 Å². The second kappa shape index (κ2) is 6.41. The van der Waals surface area contributed by atoms with E-state index in [2.05, 4.69) is 55.9 Å². The predicted octanol–water partition coefficient (Wildman–Crippen LogP) is 3.10. The Morgan fingerprint density at radius 2 is 2.15 bits per heavy atom. The number of hydrogen-bond donors (Lipinski definition) is 1. The molecule has 2 rings (SSSR count). The summed E-state index contributed by atoms with van der Waals surface area (Å²) in [5.41, 5.74) is 2.45. The Bertz CT molecular complexity index is 577. The highest BCUT2D eigenvalue weighted by Gasteiger charge is 2.10. The maximum absolute atomic E-state index is 4.42. The SMILES string of the molecule is C[C@@H](NCc1cnc(N(C)C)n1C)c1cccc(Br)c1. The van der Waals surface area contributed by atoms with Gasteiger partial charge in [-0.1, -0.05) is 28.1 Å². The average Bonchev–Trinajstić information content (AvgIpc) is 2.77. The molecule has 0 aliphatic carbocycles. The van der Waals surface area contributed by atoms with Crippen molar-refractivity contribution in [2.24, 2.45) is 7.05 Å². The molecule has 1 atom stereocenters. The number of aromatic nitrogens is 2. The van der Waals surface area contributed by atoms with Crippen LogP contribution in [0.1, 0.15) is 24.2 Å². The molecule has 1 N–H and O–H groups in total. The predicted molar refractivity (Wildman–Crippen MR) is 86.9 cm³/mol. The minimum absolute atomic E-state index is 0.296. The van der Waals surface area contributed by atoms with E-state index in [1.54, 1.807) is 0 Å². The zero-order valence-corrected chi connectivity index (χ0v) is 14.0. The van der Waals surface area contributed by atoms with Crippen LogP contribution in [-0.4, -0.2) is 23.6 Å². The van der Waals surface area contributed by atoms with Crippen molar-refractivity contribution in [1.29, 1.82) is 0 Å². The molecule has 0 aliphatic heterocycles. The zero-order chi connectivity index (χ0) is 14.7. The molecule has 0 fully saturated rings. The Balaban J connectivity index is 2.02. The van der Waals surface area contributed by atoms with Crippen LogP contribution in [0.5, 0.6) is 0 Å². The number of imidazole rings is 1. The second-order valence-corrected chi connectivity index (χ2v) is 6.08. The van der Waals surface area contributed by atoms with Crippen molar-refractivity contribution < 1.29 is 0 Å². The average molecular weight is 337 g/mol. The fourth-order valence-electron chi connectivity index (χ4n) is 2.17. The molecule has 5 heteroatoms. The third kappa shape index (κ3) is 3.41. The van der Waals surface area contributed by atoms with E-state index in [9.17, 15) is 0 Å². The molecule has 20 heavy (non-hydrogen) atoms. The number of halogens is 1. The lowest BCUT2D eigenvalue weighted by Gasteiger charge is -2.16. The van der Waals surface area contributed by atoms with E-state index < -0.39 is 0 Å². The zero-order valence-electron chi connectivity index (χ0n) is 12.4. The van der Waals surface area contributed by atoms with E-state index in [1.807, 2.05) is 38.3 Å². The Labute approximate surface area is 128 Å². The van der Waals surface area contributed by atoms with E-state index in [1.165, 1.54) is 11.3 Å². The number of nitrogens with zero attached hydrogens (tertiary/aromatic N) is 3. The molecule has 0 saturated heterocycles. The third-order valence-corrected chi connectivity index (χ3v) is 3.89. The van der Waals surface area contributed by atoms with E-state index in [-0.39, 0.29) is 0 Å². The molecule has 1 aromatic carbocycles. The summed E-state index contributed by atoms with van der Waals surface area (Å²) in [6.45, 7) is 2.97. The Morgan fingerprint density at radius 3 is 2.75 bits per heavy atom. The standard InChI is InChI=1S/C15H21BrN4/c1-11(12-6-5-7-13(16)8-12)17-9-14-10-18-15(19(2)3)20(14)4/h5-8,10-11,17H,9H2,1-4H3/t11-/m1/s1. The molecule has 0 aliphatic rings. The molecule has 0 radical (unpaired) electrons. The van der Waals surface area contributed by atoms with Crippen LogP contribution in [0.25, 0.3) is 0 Å². The maximum Gasteiger partial charge on any atom is 0.204 e. The van der Waals surface area contributed by atoms with E-state index in [4.69, 9.17) is 0 Å². The number of nitrogens with one attached hydrogen (secondary N) is 1. The van der Waals surface area contributed by atoms with Gasteiger partial charge in [-0.3, -0.25) is 0 Å². The van der Waals surface area contributed by atoms with Gasteiger partial charge in [0, 0.05) is 38.2 Å². The highest BCUT2D eigenvalue weighted by Crippen LogP contribution is 2.18. The van der Waals surface area contributed by atoms with Crippen LogP contribution in [0.4, 0.5) is 5.95 Å². The molecule has 0 saturated carbocycles. The summed E-state index contributed by atoms with van der Waals surface area (Å²) in [5, 5.41) is 3.54. The maximum atomic E-state index is 4.42. The first-order chi connectivity index (χ1) is 9.49. The van der Waals surface area contributed by atoms with Crippen LogP contribution < -0.4 is 10.2 Å². The van der Waals surface area contributed by atoms with Crippen LogP contribution in [-0.2, 0) is 13.6 Å². The summed E-state index contributed by atoms with van der Waals surface area (Å²) in [7, 11) is 6.05. The summed E-state index contributed by atoms with van der Waals surface area (Å²) in [5.74, 6) is 0.969. The molecule has 4 nitrogen and oxygen atoms in total. The molecule has 0 spiro atoms. The fraction of sp³-hybridized carbons (Fsp3) is 0.400. The summed E-state index contributed by atoms with van der Waals surface area (Å²) >= 11 is 3.51.